The number of para-hydroxylation sites is 1. The third-order valence-corrected chi connectivity index (χ3v) is 14.7. The van der Waals surface area contributed by atoms with Gasteiger partial charge in [-0.15, -0.1) is 0 Å². The molecule has 336 valence electrons. The fraction of sp³-hybridized carbons (Fsp3) is 0.288. The summed E-state index contributed by atoms with van der Waals surface area (Å²) >= 11 is 0. The Bertz CT molecular complexity index is 3070. The second-order valence-electron chi connectivity index (χ2n) is 18.8. The van der Waals surface area contributed by atoms with E-state index in [1.165, 1.54) is 4.90 Å². The zero-order valence-electron chi connectivity index (χ0n) is 38.3. The third kappa shape index (κ3) is 7.24. The van der Waals surface area contributed by atoms with Gasteiger partial charge < -0.3 is 0 Å². The summed E-state index contributed by atoms with van der Waals surface area (Å²) in [5.74, 6) is -1.08. The summed E-state index contributed by atoms with van der Waals surface area (Å²) in [6.45, 7) is 4.52. The number of hydrogen-bond acceptors (Lipinski definition) is 6. The van der Waals surface area contributed by atoms with Gasteiger partial charge in [0.05, 0.1) is 18.3 Å². The van der Waals surface area contributed by atoms with Crippen LogP contribution >= 0.6 is 0 Å². The number of nitrogens with zero attached hydrogens (tertiary/aromatic N) is 3. The maximum Gasteiger partial charge on any atom is 0.261 e. The quantitative estimate of drug-likeness (QED) is 0.0416. The number of benzene rings is 8. The van der Waals surface area contributed by atoms with Gasteiger partial charge in [-0.25, -0.2) is 5.06 Å². The molecule has 4 amide bonds. The molecule has 8 heteroatoms. The zero-order valence-corrected chi connectivity index (χ0v) is 38.3. The molecule has 67 heavy (non-hydrogen) atoms. The maximum atomic E-state index is 14.6. The lowest BCUT2D eigenvalue weighted by Gasteiger charge is -2.35. The number of amides is 4. The Kier molecular flexibility index (Phi) is 11.3. The van der Waals surface area contributed by atoms with Gasteiger partial charge in [-0.2, -0.15) is 0 Å². The molecule has 0 aromatic heterocycles. The number of unbranched alkanes of at least 4 members (excludes halogenated alkanes) is 6. The second-order valence-corrected chi connectivity index (χ2v) is 18.8. The van der Waals surface area contributed by atoms with Gasteiger partial charge in [0.15, 0.2) is 0 Å². The van der Waals surface area contributed by atoms with E-state index >= 15 is 0 Å². The first-order chi connectivity index (χ1) is 32.9. The zero-order chi connectivity index (χ0) is 45.8. The Morgan fingerprint density at radius 3 is 1.46 bits per heavy atom. The summed E-state index contributed by atoms with van der Waals surface area (Å²) in [5, 5.41) is 8.64. The molecule has 0 bridgehead atoms. The molecule has 0 N–H and O–H groups in total. The van der Waals surface area contributed by atoms with Crippen LogP contribution in [0.1, 0.15) is 155 Å². The van der Waals surface area contributed by atoms with Crippen molar-refractivity contribution in [1.29, 1.82) is 0 Å². The number of carbonyl (C=O) groups excluding carboxylic acids is 4. The molecule has 11 rings (SSSR count). The van der Waals surface area contributed by atoms with E-state index in [4.69, 9.17) is 4.84 Å². The van der Waals surface area contributed by atoms with Crippen LogP contribution in [0.2, 0.25) is 0 Å². The first-order valence-electron chi connectivity index (χ1n) is 24.4. The van der Waals surface area contributed by atoms with E-state index in [9.17, 15) is 19.2 Å². The van der Waals surface area contributed by atoms with Crippen molar-refractivity contribution in [2.75, 3.05) is 5.06 Å². The highest BCUT2D eigenvalue weighted by atomic mass is 16.7. The van der Waals surface area contributed by atoms with Crippen LogP contribution in [0.25, 0.3) is 43.1 Å². The van der Waals surface area contributed by atoms with Gasteiger partial charge in [0.25, 0.3) is 23.6 Å². The van der Waals surface area contributed by atoms with Gasteiger partial charge >= 0.3 is 0 Å². The van der Waals surface area contributed by atoms with E-state index in [1.54, 1.807) is 4.90 Å². The summed E-state index contributed by atoms with van der Waals surface area (Å²) in [6, 6.07) is 43.9. The minimum Gasteiger partial charge on any atom is -0.271 e. The molecule has 8 aromatic carbocycles. The third-order valence-electron chi connectivity index (χ3n) is 14.7. The van der Waals surface area contributed by atoms with Crippen molar-refractivity contribution >= 4 is 72.4 Å². The Hall–Kier alpha value is -6.90. The lowest BCUT2D eigenvalue weighted by molar-refractivity contribution is 0.0514. The van der Waals surface area contributed by atoms with Crippen LogP contribution in [0.4, 0.5) is 5.69 Å². The number of anilines is 1. The van der Waals surface area contributed by atoms with Crippen molar-refractivity contribution in [3.05, 3.63) is 172 Å². The first-order valence-corrected chi connectivity index (χ1v) is 24.4. The molecular weight excluding hydrogens is 831 g/mol. The Labute approximate surface area is 391 Å². The molecule has 8 nitrogen and oxygen atoms in total. The topological polar surface area (TPSA) is 87.2 Å². The number of rotatable bonds is 16. The van der Waals surface area contributed by atoms with E-state index in [-0.39, 0.29) is 48.4 Å². The summed E-state index contributed by atoms with van der Waals surface area (Å²) in [7, 11) is 0. The normalized spacial score (nSPS) is 17.2. The molecule has 0 aliphatic carbocycles. The van der Waals surface area contributed by atoms with Crippen LogP contribution in [0.3, 0.4) is 0 Å². The predicted octanol–water partition coefficient (Wildman–Crippen LogP) is 14.1. The van der Waals surface area contributed by atoms with E-state index in [1.807, 2.05) is 102 Å². The second kappa shape index (κ2) is 17.7. The van der Waals surface area contributed by atoms with Crippen molar-refractivity contribution in [3.8, 4) is 0 Å². The van der Waals surface area contributed by atoms with E-state index < -0.39 is 0 Å². The summed E-state index contributed by atoms with van der Waals surface area (Å²) in [5.41, 5.74) is 6.12. The molecule has 3 aliphatic heterocycles. The van der Waals surface area contributed by atoms with Crippen molar-refractivity contribution in [2.45, 2.75) is 109 Å². The lowest BCUT2D eigenvalue weighted by atomic mass is 9.82. The van der Waals surface area contributed by atoms with Gasteiger partial charge in [-0.3, -0.25) is 33.8 Å². The van der Waals surface area contributed by atoms with Crippen LogP contribution < -0.4 is 5.06 Å². The van der Waals surface area contributed by atoms with Crippen LogP contribution in [0, 0.1) is 0 Å². The Morgan fingerprint density at radius 1 is 0.493 bits per heavy atom. The monoisotopic (exact) mass is 885 g/mol. The van der Waals surface area contributed by atoms with E-state index in [0.29, 0.717) is 33.0 Å². The molecule has 1 saturated heterocycles. The summed E-state index contributed by atoms with van der Waals surface area (Å²) in [6.07, 6.45) is 11.0. The number of fused-ring (bicyclic) bond motifs is 2. The molecule has 1 fully saturated rings. The van der Waals surface area contributed by atoms with Crippen molar-refractivity contribution in [3.63, 3.8) is 0 Å². The highest BCUT2D eigenvalue weighted by Crippen LogP contribution is 2.48. The maximum absolute atomic E-state index is 14.6. The Morgan fingerprint density at radius 2 is 0.970 bits per heavy atom. The highest BCUT2D eigenvalue weighted by molar-refractivity contribution is 6.41. The van der Waals surface area contributed by atoms with Gasteiger partial charge in [-0.1, -0.05) is 162 Å². The molecule has 2 unspecified atom stereocenters. The predicted molar refractivity (Wildman–Crippen MR) is 267 cm³/mol. The minimum absolute atomic E-state index is 0.0402. The summed E-state index contributed by atoms with van der Waals surface area (Å²) in [4.78, 5) is 67.8. The molecule has 0 spiro atoms. The largest absolute Gasteiger partial charge is 0.271 e. The van der Waals surface area contributed by atoms with Crippen LogP contribution in [0.5, 0.6) is 0 Å². The van der Waals surface area contributed by atoms with Gasteiger partial charge in [0.1, 0.15) is 6.10 Å². The Balaban J connectivity index is 0.902. The highest BCUT2D eigenvalue weighted by Gasteiger charge is 2.40. The van der Waals surface area contributed by atoms with Crippen molar-refractivity contribution in [2.24, 2.45) is 0 Å². The fourth-order valence-electron chi connectivity index (χ4n) is 11.4. The summed E-state index contributed by atoms with van der Waals surface area (Å²) < 4.78 is 0. The molecule has 0 radical (unpaired) electrons. The molecule has 2 atom stereocenters. The number of imide groups is 2. The van der Waals surface area contributed by atoms with E-state index in [0.717, 1.165) is 125 Å². The average Bonchev–Trinajstić information content (AvgIpc) is 3.82. The average molecular weight is 886 g/mol. The standard InChI is InChI=1S/C59H55N3O5/c1-3-5-7-13-19-40(20-14-8-6-4-2)61-58(65)48-33-29-44-42-27-31-46-54-47(32-28-43(52(42)54)45-30-34-49(59(61)66)55(48)53(44)45)57(64)60(56(46)63)36-37-23-25-38(26-24-37)50-35-51(39-17-11-9-12-18-39)67-62(50)41-21-15-10-16-22-41/h9-12,15-18,21-34,40,50-51H,3-8,13-14,19-20,35-36H2,1-2H3. The number of carbonyl (C=O) groups is 4. The van der Waals surface area contributed by atoms with Crippen molar-refractivity contribution < 1.29 is 24.0 Å². The minimum atomic E-state index is -0.332. The van der Waals surface area contributed by atoms with Crippen LogP contribution in [-0.2, 0) is 11.4 Å². The van der Waals surface area contributed by atoms with Crippen LogP contribution in [0.15, 0.2) is 133 Å². The van der Waals surface area contributed by atoms with Crippen molar-refractivity contribution in [1.82, 2.24) is 9.80 Å². The molecule has 0 saturated carbocycles. The van der Waals surface area contributed by atoms with Gasteiger partial charge in [-0.05, 0) is 98.2 Å². The van der Waals surface area contributed by atoms with E-state index in [2.05, 4.69) is 50.2 Å². The van der Waals surface area contributed by atoms with Gasteiger partial charge in [0.2, 0.25) is 0 Å². The van der Waals surface area contributed by atoms with Gasteiger partial charge in [0, 0.05) is 45.5 Å². The lowest BCUT2D eigenvalue weighted by Crippen LogP contribution is -2.47. The number of hydroxylamine groups is 1. The first kappa shape index (κ1) is 42.7. The molecular formula is C59H55N3O5. The molecule has 3 heterocycles. The fourth-order valence-corrected chi connectivity index (χ4v) is 11.4. The number of hydrogen-bond donors (Lipinski definition) is 0. The molecule has 8 aromatic rings. The SMILES string of the molecule is CCCCCCC(CCCCCC)N1C(=O)c2ccc3c4ccc5c6c(ccc(c7ccc(c2c37)C1=O)c64)C(=O)N(Cc1ccc(C2CC(c3ccccc3)ON2c2ccccc2)cc1)C5=O. The smallest absolute Gasteiger partial charge is 0.261 e. The molecule has 3 aliphatic rings. The van der Waals surface area contributed by atoms with Crippen LogP contribution in [-0.4, -0.2) is 39.5 Å².